The van der Waals surface area contributed by atoms with Crippen molar-refractivity contribution in [1.82, 2.24) is 9.55 Å². The first-order valence-electron chi connectivity index (χ1n) is 11.2. The van der Waals surface area contributed by atoms with Crippen molar-refractivity contribution in [3.05, 3.63) is 41.3 Å². The Hall–Kier alpha value is -2.23. The monoisotopic (exact) mass is 392 g/mol. The third-order valence-electron chi connectivity index (χ3n) is 6.46. The van der Waals surface area contributed by atoms with E-state index in [-0.39, 0.29) is 5.41 Å². The van der Waals surface area contributed by atoms with Crippen LogP contribution in [-0.2, 0) is 12.0 Å². The summed E-state index contributed by atoms with van der Waals surface area (Å²) in [5, 5.41) is 0. The van der Waals surface area contributed by atoms with Gasteiger partial charge in [-0.1, -0.05) is 90.0 Å². The second kappa shape index (κ2) is 7.89. The van der Waals surface area contributed by atoms with E-state index in [1.807, 2.05) is 18.2 Å². The lowest BCUT2D eigenvalue weighted by Gasteiger charge is -2.23. The molecule has 0 amide bonds. The Morgan fingerprint density at radius 3 is 2.34 bits per heavy atom. The van der Waals surface area contributed by atoms with Gasteiger partial charge in [0.05, 0.1) is 5.69 Å². The average molecular weight is 393 g/mol. The summed E-state index contributed by atoms with van der Waals surface area (Å²) in [5.41, 5.74) is 2.34. The van der Waals surface area contributed by atoms with Crippen LogP contribution in [0, 0.1) is 5.92 Å². The summed E-state index contributed by atoms with van der Waals surface area (Å²) in [5.74, 6) is 0.890. The van der Waals surface area contributed by atoms with Crippen LogP contribution in [-0.4, -0.2) is 21.1 Å². The standard InChI is InChI=1S/C25H32N2O2/c1-25(2,3)24-26-20-21(18-14-7-8-15-19(18)22(28)23(20)29)27(24)16-10-9-13-17-11-5-4-6-12-17/h7-8,14-15,17H,4-6,9-13,16H2,1-3H3. The maximum atomic E-state index is 12.8. The molecule has 1 aromatic heterocycles. The molecule has 4 heteroatoms. The van der Waals surface area contributed by atoms with Crippen LogP contribution in [0.1, 0.15) is 98.8 Å². The average Bonchev–Trinajstić information content (AvgIpc) is 3.10. The van der Waals surface area contributed by atoms with E-state index >= 15 is 0 Å². The van der Waals surface area contributed by atoms with Gasteiger partial charge < -0.3 is 4.57 Å². The molecule has 0 unspecified atom stereocenters. The van der Waals surface area contributed by atoms with Gasteiger partial charge in [-0.3, -0.25) is 9.59 Å². The molecule has 154 valence electrons. The Morgan fingerprint density at radius 2 is 1.66 bits per heavy atom. The molecule has 1 fully saturated rings. The van der Waals surface area contributed by atoms with Gasteiger partial charge in [0.25, 0.3) is 5.78 Å². The summed E-state index contributed by atoms with van der Waals surface area (Å²) < 4.78 is 2.22. The number of unbranched alkanes of at least 4 members (excludes halogenated alkanes) is 1. The van der Waals surface area contributed by atoms with Crippen molar-refractivity contribution in [2.24, 2.45) is 5.92 Å². The van der Waals surface area contributed by atoms with Crippen LogP contribution in [0.25, 0.3) is 11.3 Å². The number of rotatable bonds is 5. The number of carbonyl (C=O) groups is 2. The summed E-state index contributed by atoms with van der Waals surface area (Å²) in [6.07, 6.45) is 10.5. The molecule has 0 atom stereocenters. The summed E-state index contributed by atoms with van der Waals surface area (Å²) in [7, 11) is 0. The lowest BCUT2D eigenvalue weighted by molar-refractivity contribution is 0.0812. The number of imidazole rings is 1. The third-order valence-corrected chi connectivity index (χ3v) is 6.46. The summed E-state index contributed by atoms with van der Waals surface area (Å²) in [4.78, 5) is 30.1. The van der Waals surface area contributed by atoms with E-state index in [1.54, 1.807) is 6.07 Å². The third kappa shape index (κ3) is 3.82. The van der Waals surface area contributed by atoms with Crippen molar-refractivity contribution in [2.75, 3.05) is 0 Å². The normalized spacial score (nSPS) is 17.3. The SMILES string of the molecule is CC(C)(C)c1nc2c(n1CCCCC1CCCCC1)-c1ccccc1C(=O)C2=O. The molecule has 0 spiro atoms. The predicted octanol–water partition coefficient (Wildman–Crippen LogP) is 5.98. The van der Waals surface area contributed by atoms with Crippen molar-refractivity contribution in [3.63, 3.8) is 0 Å². The van der Waals surface area contributed by atoms with Crippen LogP contribution in [0.5, 0.6) is 0 Å². The van der Waals surface area contributed by atoms with Crippen LogP contribution in [0.15, 0.2) is 24.3 Å². The molecule has 2 aliphatic carbocycles. The second-order valence-corrected chi connectivity index (χ2v) is 9.74. The molecule has 4 nitrogen and oxygen atoms in total. The number of benzene rings is 1. The summed E-state index contributed by atoms with van der Waals surface area (Å²) >= 11 is 0. The number of Topliss-reactive ketones (excluding diaryl/α,β-unsaturated/α-hetero) is 2. The molecule has 1 saturated carbocycles. The minimum Gasteiger partial charge on any atom is -0.327 e. The molecule has 0 aliphatic heterocycles. The highest BCUT2D eigenvalue weighted by Gasteiger charge is 2.37. The van der Waals surface area contributed by atoms with Gasteiger partial charge in [0.1, 0.15) is 11.5 Å². The van der Waals surface area contributed by atoms with Gasteiger partial charge in [-0.25, -0.2) is 4.98 Å². The topological polar surface area (TPSA) is 52.0 Å². The molecule has 4 rings (SSSR count). The van der Waals surface area contributed by atoms with E-state index in [0.29, 0.717) is 11.3 Å². The zero-order valence-corrected chi connectivity index (χ0v) is 18.0. The summed E-state index contributed by atoms with van der Waals surface area (Å²) in [6.45, 7) is 7.21. The van der Waals surface area contributed by atoms with E-state index in [2.05, 4.69) is 25.3 Å². The highest BCUT2D eigenvalue weighted by atomic mass is 16.2. The number of carbonyl (C=O) groups excluding carboxylic acids is 2. The minimum atomic E-state index is -0.467. The minimum absolute atomic E-state index is 0.195. The fourth-order valence-corrected chi connectivity index (χ4v) is 4.97. The Kier molecular flexibility index (Phi) is 5.46. The quantitative estimate of drug-likeness (QED) is 0.465. The van der Waals surface area contributed by atoms with Crippen LogP contribution in [0.4, 0.5) is 0 Å². The number of hydrogen-bond acceptors (Lipinski definition) is 3. The summed E-state index contributed by atoms with van der Waals surface area (Å²) in [6, 6.07) is 7.47. The van der Waals surface area contributed by atoms with Gasteiger partial charge in [-0.05, 0) is 12.3 Å². The first-order chi connectivity index (χ1) is 13.9. The van der Waals surface area contributed by atoms with E-state index in [0.717, 1.165) is 36.0 Å². The molecule has 0 bridgehead atoms. The zero-order valence-electron chi connectivity index (χ0n) is 18.0. The highest BCUT2D eigenvalue weighted by Crippen LogP contribution is 2.37. The molecule has 1 aromatic carbocycles. The van der Waals surface area contributed by atoms with Crippen LogP contribution in [0.3, 0.4) is 0 Å². The number of aromatic nitrogens is 2. The number of ketones is 2. The lowest BCUT2D eigenvalue weighted by atomic mass is 9.86. The molecule has 0 saturated heterocycles. The van der Waals surface area contributed by atoms with E-state index < -0.39 is 11.6 Å². The molecule has 2 aliphatic rings. The molecular formula is C25H32N2O2. The van der Waals surface area contributed by atoms with Crippen molar-refractivity contribution >= 4 is 11.6 Å². The smallest absolute Gasteiger partial charge is 0.254 e. The van der Waals surface area contributed by atoms with Crippen molar-refractivity contribution in [3.8, 4) is 11.3 Å². The molecule has 0 N–H and O–H groups in total. The first kappa shape index (κ1) is 20.1. The van der Waals surface area contributed by atoms with Crippen molar-refractivity contribution in [1.29, 1.82) is 0 Å². The lowest BCUT2D eigenvalue weighted by Crippen LogP contribution is -2.22. The molecule has 2 aromatic rings. The van der Waals surface area contributed by atoms with Gasteiger partial charge in [0, 0.05) is 23.1 Å². The molecule has 0 radical (unpaired) electrons. The second-order valence-electron chi connectivity index (χ2n) is 9.74. The van der Waals surface area contributed by atoms with Gasteiger partial charge in [-0.15, -0.1) is 0 Å². The Balaban J connectivity index is 1.64. The number of fused-ring (bicyclic) bond motifs is 3. The van der Waals surface area contributed by atoms with Crippen LogP contribution < -0.4 is 0 Å². The maximum absolute atomic E-state index is 12.8. The Morgan fingerprint density at radius 1 is 0.966 bits per heavy atom. The van der Waals surface area contributed by atoms with E-state index in [9.17, 15) is 9.59 Å². The molecular weight excluding hydrogens is 360 g/mol. The predicted molar refractivity (Wildman–Crippen MR) is 115 cm³/mol. The van der Waals surface area contributed by atoms with Gasteiger partial charge in [0.15, 0.2) is 0 Å². The largest absolute Gasteiger partial charge is 0.327 e. The van der Waals surface area contributed by atoms with E-state index in [1.165, 1.54) is 44.9 Å². The Labute approximate surface area is 173 Å². The van der Waals surface area contributed by atoms with Crippen LogP contribution in [0.2, 0.25) is 0 Å². The van der Waals surface area contributed by atoms with Crippen molar-refractivity contribution < 1.29 is 9.59 Å². The van der Waals surface area contributed by atoms with Crippen LogP contribution >= 0.6 is 0 Å². The van der Waals surface area contributed by atoms with Gasteiger partial charge >= 0.3 is 0 Å². The fourth-order valence-electron chi connectivity index (χ4n) is 4.97. The maximum Gasteiger partial charge on any atom is 0.254 e. The number of nitrogens with zero attached hydrogens (tertiary/aromatic N) is 2. The fraction of sp³-hybridized carbons (Fsp3) is 0.560. The zero-order chi connectivity index (χ0) is 20.6. The first-order valence-corrected chi connectivity index (χ1v) is 11.2. The van der Waals surface area contributed by atoms with Gasteiger partial charge in [-0.2, -0.15) is 0 Å². The molecule has 29 heavy (non-hydrogen) atoms. The number of hydrogen-bond donors (Lipinski definition) is 0. The van der Waals surface area contributed by atoms with E-state index in [4.69, 9.17) is 4.98 Å². The molecule has 1 heterocycles. The Bertz CT molecular complexity index is 927. The van der Waals surface area contributed by atoms with Gasteiger partial charge in [0.2, 0.25) is 5.78 Å². The highest BCUT2D eigenvalue weighted by molar-refractivity contribution is 6.52. The van der Waals surface area contributed by atoms with Crippen molar-refractivity contribution in [2.45, 2.75) is 84.1 Å².